The molecule has 2 aliphatic carbocycles. The average Bonchev–Trinajstić information content (AvgIpc) is 3.55. The van der Waals surface area contributed by atoms with E-state index in [1.807, 2.05) is 0 Å². The van der Waals surface area contributed by atoms with Gasteiger partial charge < -0.3 is 14.5 Å². The maximum Gasteiger partial charge on any atom is 0.226 e. The van der Waals surface area contributed by atoms with Gasteiger partial charge >= 0.3 is 0 Å². The summed E-state index contributed by atoms with van der Waals surface area (Å²) < 4.78 is 6.18. The van der Waals surface area contributed by atoms with E-state index in [-0.39, 0.29) is 29.4 Å². The van der Waals surface area contributed by atoms with Crippen LogP contribution in [-0.4, -0.2) is 59.4 Å². The molecule has 1 amide bonds. The number of ether oxygens (including phenoxy) is 1. The van der Waals surface area contributed by atoms with E-state index in [4.69, 9.17) is 9.73 Å². The van der Waals surface area contributed by atoms with Gasteiger partial charge in [-0.1, -0.05) is 20.3 Å². The molecule has 0 bridgehead atoms. The zero-order valence-electron chi connectivity index (χ0n) is 20.1. The van der Waals surface area contributed by atoms with Crippen LogP contribution in [0.3, 0.4) is 0 Å². The number of hydrogen-bond acceptors (Lipinski definition) is 5. The van der Waals surface area contributed by atoms with Gasteiger partial charge in [-0.05, 0) is 57.4 Å². The molecule has 5 rings (SSSR count). The van der Waals surface area contributed by atoms with Crippen molar-refractivity contribution >= 4 is 11.7 Å². The molecule has 2 unspecified atom stereocenters. The van der Waals surface area contributed by atoms with Crippen molar-refractivity contribution in [2.45, 2.75) is 77.9 Å². The summed E-state index contributed by atoms with van der Waals surface area (Å²) >= 11 is 0. The van der Waals surface area contributed by atoms with E-state index in [0.29, 0.717) is 24.3 Å². The summed E-state index contributed by atoms with van der Waals surface area (Å²) in [6.45, 7) is 11.6. The molecule has 6 heteroatoms. The lowest BCUT2D eigenvalue weighted by Gasteiger charge is -2.49. The Balaban J connectivity index is 1.46. The molecule has 0 spiro atoms. The molecule has 6 nitrogen and oxygen atoms in total. The van der Waals surface area contributed by atoms with Crippen LogP contribution in [0.5, 0.6) is 0 Å². The molecule has 4 fully saturated rings. The monoisotopic (exact) mass is 438 g/mol. The van der Waals surface area contributed by atoms with E-state index in [1.54, 1.807) is 0 Å². The van der Waals surface area contributed by atoms with Crippen LogP contribution in [0.2, 0.25) is 0 Å². The predicted molar refractivity (Wildman–Crippen MR) is 124 cm³/mol. The van der Waals surface area contributed by atoms with Crippen LogP contribution < -0.4 is 0 Å². The largest absolute Gasteiger partial charge is 0.371 e. The minimum atomic E-state index is -0.226. The molecule has 174 valence electrons. The van der Waals surface area contributed by atoms with Crippen LogP contribution in [0.1, 0.15) is 66.2 Å². The molecule has 0 aromatic rings. The molecule has 3 aliphatic heterocycles. The first-order valence-corrected chi connectivity index (χ1v) is 12.7. The Hall–Kier alpha value is -1.87. The minimum Gasteiger partial charge on any atom is -0.371 e. The van der Waals surface area contributed by atoms with Crippen molar-refractivity contribution in [3.05, 3.63) is 11.3 Å². The van der Waals surface area contributed by atoms with Gasteiger partial charge in [0.2, 0.25) is 5.91 Å². The Kier molecular flexibility index (Phi) is 5.60. The maximum absolute atomic E-state index is 12.9. The number of allylic oxidation sites excluding steroid dienone is 1. The topological polar surface area (TPSA) is 68.9 Å². The molecule has 0 aromatic heterocycles. The van der Waals surface area contributed by atoms with E-state index >= 15 is 0 Å². The van der Waals surface area contributed by atoms with Crippen LogP contribution in [0.4, 0.5) is 0 Å². The van der Waals surface area contributed by atoms with Gasteiger partial charge in [0.05, 0.1) is 24.3 Å². The average molecular weight is 439 g/mol. The van der Waals surface area contributed by atoms with E-state index in [1.165, 1.54) is 30.5 Å². The summed E-state index contributed by atoms with van der Waals surface area (Å²) in [4.78, 5) is 22.7. The summed E-state index contributed by atoms with van der Waals surface area (Å²) in [6.07, 6.45) is 6.62. The van der Waals surface area contributed by atoms with Crippen molar-refractivity contribution in [3.63, 3.8) is 0 Å². The SMILES string of the molecule is CC(C)[C@@H]1CN(C2=NC(C3CCC3)=C3COC(C)(C)CC3C2C#N)CCN1C(=O)C1CC1. The third kappa shape index (κ3) is 3.87. The van der Waals surface area contributed by atoms with Crippen LogP contribution in [0.15, 0.2) is 16.3 Å². The number of aliphatic imine (C=N–C) groups is 1. The number of nitriles is 1. The number of amidine groups is 1. The molecular formula is C26H38N4O2. The third-order valence-corrected chi connectivity index (χ3v) is 8.37. The highest BCUT2D eigenvalue weighted by Crippen LogP contribution is 2.47. The van der Waals surface area contributed by atoms with Crippen LogP contribution in [0.25, 0.3) is 0 Å². The van der Waals surface area contributed by atoms with Crippen molar-refractivity contribution in [1.82, 2.24) is 9.80 Å². The predicted octanol–water partition coefficient (Wildman–Crippen LogP) is 3.99. The van der Waals surface area contributed by atoms with Crippen molar-refractivity contribution in [1.29, 1.82) is 5.26 Å². The molecule has 5 aliphatic rings. The van der Waals surface area contributed by atoms with E-state index < -0.39 is 0 Å². The molecule has 0 radical (unpaired) electrons. The number of carbonyl (C=O) groups is 1. The highest BCUT2D eigenvalue weighted by atomic mass is 16.5. The van der Waals surface area contributed by atoms with Gasteiger partial charge in [0.15, 0.2) is 0 Å². The molecule has 3 atom stereocenters. The van der Waals surface area contributed by atoms with Gasteiger partial charge in [-0.2, -0.15) is 5.26 Å². The van der Waals surface area contributed by atoms with Crippen molar-refractivity contribution in [3.8, 4) is 6.07 Å². The number of nitrogens with zero attached hydrogens (tertiary/aromatic N) is 4. The van der Waals surface area contributed by atoms with Crippen molar-refractivity contribution in [2.24, 2.45) is 34.6 Å². The van der Waals surface area contributed by atoms with E-state index in [9.17, 15) is 10.1 Å². The first-order chi connectivity index (χ1) is 15.3. The number of fused-ring (bicyclic) bond motifs is 1. The summed E-state index contributed by atoms with van der Waals surface area (Å²) in [6, 6.07) is 2.83. The zero-order valence-corrected chi connectivity index (χ0v) is 20.1. The smallest absolute Gasteiger partial charge is 0.226 e. The van der Waals surface area contributed by atoms with Crippen molar-refractivity contribution in [2.75, 3.05) is 26.2 Å². The van der Waals surface area contributed by atoms with Crippen molar-refractivity contribution < 1.29 is 9.53 Å². The lowest BCUT2D eigenvalue weighted by molar-refractivity contribution is -0.138. The van der Waals surface area contributed by atoms with Gasteiger partial charge in [-0.15, -0.1) is 0 Å². The fourth-order valence-electron chi connectivity index (χ4n) is 6.00. The van der Waals surface area contributed by atoms with Crippen LogP contribution >= 0.6 is 0 Å². The molecule has 2 saturated heterocycles. The first kappa shape index (κ1) is 21.9. The Bertz CT molecular complexity index is 875. The number of hydrogen-bond donors (Lipinski definition) is 0. The minimum absolute atomic E-state index is 0.183. The molecule has 0 aromatic carbocycles. The van der Waals surface area contributed by atoms with Gasteiger partial charge in [-0.3, -0.25) is 4.79 Å². The lowest BCUT2D eigenvalue weighted by atomic mass is 9.70. The lowest BCUT2D eigenvalue weighted by Crippen LogP contribution is -2.60. The Morgan fingerprint density at radius 1 is 1.22 bits per heavy atom. The van der Waals surface area contributed by atoms with Gasteiger partial charge in [0, 0.05) is 43.1 Å². The van der Waals surface area contributed by atoms with Gasteiger partial charge in [-0.25, -0.2) is 4.99 Å². The van der Waals surface area contributed by atoms with Crippen LogP contribution in [-0.2, 0) is 9.53 Å². The quantitative estimate of drug-likeness (QED) is 0.668. The third-order valence-electron chi connectivity index (χ3n) is 8.37. The first-order valence-electron chi connectivity index (χ1n) is 12.7. The number of piperazine rings is 1. The second-order valence-corrected chi connectivity index (χ2v) is 11.5. The molecular weight excluding hydrogens is 400 g/mol. The second kappa shape index (κ2) is 8.17. The molecule has 32 heavy (non-hydrogen) atoms. The second-order valence-electron chi connectivity index (χ2n) is 11.5. The van der Waals surface area contributed by atoms with Gasteiger partial charge in [0.25, 0.3) is 0 Å². The summed E-state index contributed by atoms with van der Waals surface area (Å²) in [5, 5.41) is 10.3. The Morgan fingerprint density at radius 2 is 1.97 bits per heavy atom. The normalized spacial score (nSPS) is 32.9. The van der Waals surface area contributed by atoms with E-state index in [2.05, 4.69) is 43.6 Å². The number of amides is 1. The Labute approximate surface area is 192 Å². The molecule has 3 heterocycles. The highest BCUT2D eigenvalue weighted by Gasteiger charge is 2.47. The van der Waals surface area contributed by atoms with Gasteiger partial charge in [0.1, 0.15) is 11.8 Å². The highest BCUT2D eigenvalue weighted by molar-refractivity contribution is 5.90. The Morgan fingerprint density at radius 3 is 2.56 bits per heavy atom. The summed E-state index contributed by atoms with van der Waals surface area (Å²) in [7, 11) is 0. The number of rotatable bonds is 3. The maximum atomic E-state index is 12.9. The fraction of sp³-hybridized carbons (Fsp3) is 0.808. The zero-order chi connectivity index (χ0) is 22.6. The molecule has 2 saturated carbocycles. The van der Waals surface area contributed by atoms with E-state index in [0.717, 1.165) is 44.7 Å². The summed E-state index contributed by atoms with van der Waals surface area (Å²) in [5.41, 5.74) is 2.29. The van der Waals surface area contributed by atoms with Crippen LogP contribution in [0, 0.1) is 40.9 Å². The number of carbonyl (C=O) groups excluding carboxylic acids is 1. The molecule has 0 N–H and O–H groups in total. The standard InChI is InChI=1S/C26H38N4O2/c1-16(2)22-14-29(10-11-30(22)25(31)18-8-9-18)24-20(13-27)19-12-26(3,4)32-15-21(19)23(28-24)17-6-5-7-17/h16-20,22H,5-12,14-15H2,1-4H3/t19?,20?,22-/m0/s1. The fourth-order valence-corrected chi connectivity index (χ4v) is 6.00. The summed E-state index contributed by atoms with van der Waals surface area (Å²) in [5.74, 6) is 2.42.